The highest BCUT2D eigenvalue weighted by atomic mass is 19.1. The van der Waals surface area contributed by atoms with E-state index in [1.54, 1.807) is 24.3 Å². The van der Waals surface area contributed by atoms with Crippen LogP contribution in [0.2, 0.25) is 0 Å². The average molecular weight is 259 g/mol. The number of rotatable bonds is 4. The van der Waals surface area contributed by atoms with Crippen LogP contribution in [0.25, 0.3) is 0 Å². The second-order valence-corrected chi connectivity index (χ2v) is 4.25. The predicted molar refractivity (Wildman–Crippen MR) is 71.6 cm³/mol. The number of anilines is 1. The van der Waals surface area contributed by atoms with Crippen molar-refractivity contribution in [3.8, 4) is 0 Å². The van der Waals surface area contributed by atoms with E-state index in [4.69, 9.17) is 0 Å². The van der Waals surface area contributed by atoms with Gasteiger partial charge in [0.2, 0.25) is 0 Å². The minimum atomic E-state index is -1.04. The molecule has 98 valence electrons. The quantitative estimate of drug-likeness (QED) is 0.885. The van der Waals surface area contributed by atoms with Gasteiger partial charge in [-0.15, -0.1) is 0 Å². The van der Waals surface area contributed by atoms with E-state index in [2.05, 4.69) is 5.32 Å². The SMILES string of the molecule is Cc1ccccc1C(Nc1ccccc1F)C(=O)O. The third-order valence-corrected chi connectivity index (χ3v) is 2.92. The standard InChI is InChI=1S/C15H14FNO2/c1-10-6-2-3-7-11(10)14(15(18)19)17-13-9-5-4-8-12(13)16/h2-9,14,17H,1H3,(H,18,19). The maximum absolute atomic E-state index is 13.6. The van der Waals surface area contributed by atoms with Gasteiger partial charge in [-0.2, -0.15) is 0 Å². The highest BCUT2D eigenvalue weighted by molar-refractivity contribution is 5.79. The van der Waals surface area contributed by atoms with E-state index in [1.807, 2.05) is 19.1 Å². The number of carboxylic acid groups (broad SMARTS) is 1. The number of hydrogen-bond donors (Lipinski definition) is 2. The fraction of sp³-hybridized carbons (Fsp3) is 0.133. The van der Waals surface area contributed by atoms with Gasteiger partial charge in [0.15, 0.2) is 6.04 Å². The van der Waals surface area contributed by atoms with E-state index in [0.717, 1.165) is 5.56 Å². The molecule has 0 saturated carbocycles. The molecule has 1 unspecified atom stereocenters. The number of carboxylic acids is 1. The molecule has 1 atom stereocenters. The lowest BCUT2D eigenvalue weighted by molar-refractivity contribution is -0.138. The van der Waals surface area contributed by atoms with Crippen LogP contribution in [-0.2, 0) is 4.79 Å². The van der Waals surface area contributed by atoms with Gasteiger partial charge in [-0.1, -0.05) is 36.4 Å². The molecule has 0 aliphatic rings. The molecule has 2 aromatic carbocycles. The van der Waals surface area contributed by atoms with Crippen molar-refractivity contribution >= 4 is 11.7 Å². The van der Waals surface area contributed by atoms with E-state index in [0.29, 0.717) is 5.56 Å². The Morgan fingerprint density at radius 2 is 1.79 bits per heavy atom. The monoisotopic (exact) mass is 259 g/mol. The number of nitrogens with one attached hydrogen (secondary N) is 1. The smallest absolute Gasteiger partial charge is 0.330 e. The Labute approximate surface area is 110 Å². The molecule has 0 radical (unpaired) electrons. The van der Waals surface area contributed by atoms with Crippen molar-refractivity contribution in [2.45, 2.75) is 13.0 Å². The summed E-state index contributed by atoms with van der Waals surface area (Å²) in [6, 6.07) is 12.2. The molecule has 19 heavy (non-hydrogen) atoms. The average Bonchev–Trinajstić information content (AvgIpc) is 2.38. The largest absolute Gasteiger partial charge is 0.479 e. The van der Waals surface area contributed by atoms with Crippen LogP contribution in [0.15, 0.2) is 48.5 Å². The first-order chi connectivity index (χ1) is 9.09. The lowest BCUT2D eigenvalue weighted by atomic mass is 10.0. The van der Waals surface area contributed by atoms with E-state index in [1.165, 1.54) is 12.1 Å². The van der Waals surface area contributed by atoms with Gasteiger partial charge in [0, 0.05) is 0 Å². The molecule has 4 heteroatoms. The van der Waals surface area contributed by atoms with Crippen LogP contribution in [0.3, 0.4) is 0 Å². The normalized spacial score (nSPS) is 11.9. The van der Waals surface area contributed by atoms with Crippen LogP contribution in [-0.4, -0.2) is 11.1 Å². The molecule has 2 N–H and O–H groups in total. The maximum atomic E-state index is 13.6. The molecule has 0 bridgehead atoms. The van der Waals surface area contributed by atoms with Gasteiger partial charge < -0.3 is 10.4 Å². The van der Waals surface area contributed by atoms with Gasteiger partial charge in [-0.05, 0) is 30.2 Å². The summed E-state index contributed by atoms with van der Waals surface area (Å²) in [6.07, 6.45) is 0. The highest BCUT2D eigenvalue weighted by Gasteiger charge is 2.22. The first kappa shape index (κ1) is 13.1. The van der Waals surface area contributed by atoms with Gasteiger partial charge in [-0.3, -0.25) is 0 Å². The Bertz CT molecular complexity index is 598. The number of benzene rings is 2. The van der Waals surface area contributed by atoms with E-state index in [-0.39, 0.29) is 5.69 Å². The van der Waals surface area contributed by atoms with Crippen LogP contribution < -0.4 is 5.32 Å². The lowest BCUT2D eigenvalue weighted by Crippen LogP contribution is -2.21. The molecule has 0 spiro atoms. The Kier molecular flexibility index (Phi) is 3.80. The molecule has 0 fully saturated rings. The number of aliphatic carboxylic acids is 1. The summed E-state index contributed by atoms with van der Waals surface area (Å²) in [7, 11) is 0. The van der Waals surface area contributed by atoms with Crippen molar-refractivity contribution in [2.24, 2.45) is 0 Å². The predicted octanol–water partition coefficient (Wildman–Crippen LogP) is 3.37. The number of hydrogen-bond acceptors (Lipinski definition) is 2. The Morgan fingerprint density at radius 1 is 1.16 bits per heavy atom. The van der Waals surface area contributed by atoms with Crippen LogP contribution in [0.5, 0.6) is 0 Å². The summed E-state index contributed by atoms with van der Waals surface area (Å²) in [5.74, 6) is -1.51. The van der Waals surface area contributed by atoms with E-state index >= 15 is 0 Å². The van der Waals surface area contributed by atoms with Gasteiger partial charge in [0.05, 0.1) is 5.69 Å². The zero-order valence-electron chi connectivity index (χ0n) is 10.4. The first-order valence-electron chi connectivity index (χ1n) is 5.89. The zero-order valence-corrected chi connectivity index (χ0v) is 10.4. The van der Waals surface area contributed by atoms with E-state index < -0.39 is 17.8 Å². The van der Waals surface area contributed by atoms with Gasteiger partial charge >= 0.3 is 5.97 Å². The molecule has 0 amide bonds. The molecule has 0 aliphatic carbocycles. The maximum Gasteiger partial charge on any atom is 0.330 e. The summed E-state index contributed by atoms with van der Waals surface area (Å²) >= 11 is 0. The fourth-order valence-corrected chi connectivity index (χ4v) is 1.92. The Balaban J connectivity index is 2.35. The molecular weight excluding hydrogens is 245 g/mol. The molecule has 0 aromatic heterocycles. The Morgan fingerprint density at radius 3 is 2.42 bits per heavy atom. The number of para-hydroxylation sites is 1. The van der Waals surface area contributed by atoms with Crippen LogP contribution >= 0.6 is 0 Å². The minimum absolute atomic E-state index is 0.179. The molecule has 0 heterocycles. The molecule has 2 rings (SSSR count). The molecule has 2 aromatic rings. The van der Waals surface area contributed by atoms with Crippen LogP contribution in [0.1, 0.15) is 17.2 Å². The van der Waals surface area contributed by atoms with Crippen molar-refractivity contribution in [1.82, 2.24) is 0 Å². The second kappa shape index (κ2) is 5.52. The van der Waals surface area contributed by atoms with Crippen molar-refractivity contribution in [3.63, 3.8) is 0 Å². The third-order valence-electron chi connectivity index (χ3n) is 2.92. The summed E-state index contributed by atoms with van der Waals surface area (Å²) in [5, 5.41) is 12.0. The van der Waals surface area contributed by atoms with Crippen molar-refractivity contribution < 1.29 is 14.3 Å². The molecule has 0 aliphatic heterocycles. The molecule has 0 saturated heterocycles. The third kappa shape index (κ3) is 2.91. The number of aryl methyl sites for hydroxylation is 1. The van der Waals surface area contributed by atoms with Crippen molar-refractivity contribution in [2.75, 3.05) is 5.32 Å². The number of halogens is 1. The first-order valence-corrected chi connectivity index (χ1v) is 5.89. The summed E-state index contributed by atoms with van der Waals surface area (Å²) < 4.78 is 13.6. The molecular formula is C15H14FNO2. The summed E-state index contributed by atoms with van der Waals surface area (Å²) in [4.78, 5) is 11.4. The summed E-state index contributed by atoms with van der Waals surface area (Å²) in [5.41, 5.74) is 1.65. The minimum Gasteiger partial charge on any atom is -0.479 e. The van der Waals surface area contributed by atoms with Gasteiger partial charge in [0.25, 0.3) is 0 Å². The highest BCUT2D eigenvalue weighted by Crippen LogP contribution is 2.24. The van der Waals surface area contributed by atoms with Gasteiger partial charge in [0.1, 0.15) is 5.82 Å². The number of carbonyl (C=O) groups is 1. The van der Waals surface area contributed by atoms with Crippen LogP contribution in [0, 0.1) is 12.7 Å². The van der Waals surface area contributed by atoms with Crippen molar-refractivity contribution in [3.05, 3.63) is 65.5 Å². The Hall–Kier alpha value is -2.36. The van der Waals surface area contributed by atoms with E-state index in [9.17, 15) is 14.3 Å². The second-order valence-electron chi connectivity index (χ2n) is 4.25. The summed E-state index contributed by atoms with van der Waals surface area (Å²) in [6.45, 7) is 1.83. The molecule has 3 nitrogen and oxygen atoms in total. The topological polar surface area (TPSA) is 49.3 Å². The van der Waals surface area contributed by atoms with Crippen molar-refractivity contribution in [1.29, 1.82) is 0 Å². The zero-order chi connectivity index (χ0) is 13.8. The van der Waals surface area contributed by atoms with Crippen LogP contribution in [0.4, 0.5) is 10.1 Å². The fourth-order valence-electron chi connectivity index (χ4n) is 1.92. The lowest BCUT2D eigenvalue weighted by Gasteiger charge is -2.18. The van der Waals surface area contributed by atoms with Gasteiger partial charge in [-0.25, -0.2) is 9.18 Å².